The second-order valence-electron chi connectivity index (χ2n) is 6.34. The van der Waals surface area contributed by atoms with Crippen LogP contribution >= 0.6 is 0 Å². The van der Waals surface area contributed by atoms with Crippen LogP contribution in [-0.4, -0.2) is 22.9 Å². The predicted octanol–water partition coefficient (Wildman–Crippen LogP) is 2.69. The predicted molar refractivity (Wildman–Crippen MR) is 75.3 cm³/mol. The van der Waals surface area contributed by atoms with Gasteiger partial charge in [0.25, 0.3) is 0 Å². The molecule has 1 saturated heterocycles. The molecular formula is C16H21FN2O. The standard InChI is InChI=1S/C16H21FN2O/c1-9(2)14-16(20)19(13-8-10(13)3)15(18-14)11-6-4-5-7-12(11)17/h4-7,9-10,13-15,18H,8H2,1-3H3. The lowest BCUT2D eigenvalue weighted by molar-refractivity contribution is -0.131. The topological polar surface area (TPSA) is 32.3 Å². The highest BCUT2D eigenvalue weighted by Crippen LogP contribution is 2.43. The summed E-state index contributed by atoms with van der Waals surface area (Å²) in [7, 11) is 0. The summed E-state index contributed by atoms with van der Waals surface area (Å²) in [6, 6.07) is 6.76. The lowest BCUT2D eigenvalue weighted by Gasteiger charge is -2.25. The third-order valence-corrected chi connectivity index (χ3v) is 4.43. The first kappa shape index (κ1) is 13.6. The smallest absolute Gasteiger partial charge is 0.241 e. The Labute approximate surface area is 119 Å². The van der Waals surface area contributed by atoms with Gasteiger partial charge in [-0.15, -0.1) is 0 Å². The minimum atomic E-state index is -0.328. The van der Waals surface area contributed by atoms with Crippen molar-refractivity contribution in [2.75, 3.05) is 0 Å². The molecule has 1 heterocycles. The average Bonchev–Trinajstić information content (AvgIpc) is 3.00. The van der Waals surface area contributed by atoms with Crippen LogP contribution in [0.25, 0.3) is 0 Å². The number of halogens is 1. The zero-order chi connectivity index (χ0) is 14.4. The van der Waals surface area contributed by atoms with Gasteiger partial charge in [-0.2, -0.15) is 0 Å². The van der Waals surface area contributed by atoms with Gasteiger partial charge in [0.2, 0.25) is 5.91 Å². The number of hydrogen-bond donors (Lipinski definition) is 1. The molecule has 4 heteroatoms. The van der Waals surface area contributed by atoms with Crippen LogP contribution in [0.3, 0.4) is 0 Å². The van der Waals surface area contributed by atoms with Crippen molar-refractivity contribution < 1.29 is 9.18 Å². The maximum atomic E-state index is 14.1. The summed E-state index contributed by atoms with van der Waals surface area (Å²) in [5, 5.41) is 3.33. The first-order valence-corrected chi connectivity index (χ1v) is 7.33. The van der Waals surface area contributed by atoms with E-state index in [0.29, 0.717) is 11.5 Å². The lowest BCUT2D eigenvalue weighted by Crippen LogP contribution is -2.35. The summed E-state index contributed by atoms with van der Waals surface area (Å²) in [6.07, 6.45) is 0.689. The van der Waals surface area contributed by atoms with Crippen molar-refractivity contribution in [3.05, 3.63) is 35.6 Å². The molecule has 0 aromatic heterocycles. The maximum absolute atomic E-state index is 14.1. The molecule has 1 N–H and O–H groups in total. The van der Waals surface area contributed by atoms with Gasteiger partial charge in [0.1, 0.15) is 12.0 Å². The number of benzene rings is 1. The molecule has 2 aliphatic rings. The fraction of sp³-hybridized carbons (Fsp3) is 0.562. The third-order valence-electron chi connectivity index (χ3n) is 4.43. The summed E-state index contributed by atoms with van der Waals surface area (Å²) in [5.41, 5.74) is 0.572. The van der Waals surface area contributed by atoms with Crippen LogP contribution in [0, 0.1) is 17.7 Å². The van der Waals surface area contributed by atoms with E-state index < -0.39 is 0 Å². The lowest BCUT2D eigenvalue weighted by atomic mass is 10.0. The van der Waals surface area contributed by atoms with Gasteiger partial charge < -0.3 is 4.90 Å². The minimum Gasteiger partial charge on any atom is -0.318 e. The Morgan fingerprint density at radius 3 is 2.55 bits per heavy atom. The molecule has 1 aliphatic heterocycles. The summed E-state index contributed by atoms with van der Waals surface area (Å²) in [5.74, 6) is 0.583. The third kappa shape index (κ3) is 2.12. The zero-order valence-corrected chi connectivity index (χ0v) is 12.1. The second kappa shape index (κ2) is 4.85. The second-order valence-corrected chi connectivity index (χ2v) is 6.34. The number of hydrogen-bond acceptors (Lipinski definition) is 2. The summed E-state index contributed by atoms with van der Waals surface area (Å²) in [4.78, 5) is 14.5. The van der Waals surface area contributed by atoms with Crippen LogP contribution in [-0.2, 0) is 4.79 Å². The van der Waals surface area contributed by atoms with Gasteiger partial charge in [-0.3, -0.25) is 10.1 Å². The molecule has 1 aromatic rings. The molecule has 0 radical (unpaired) electrons. The molecule has 0 spiro atoms. The molecule has 1 aromatic carbocycles. The Kier molecular flexibility index (Phi) is 3.28. The van der Waals surface area contributed by atoms with Crippen molar-refractivity contribution in [2.24, 2.45) is 11.8 Å². The number of nitrogens with zero attached hydrogens (tertiary/aromatic N) is 1. The molecule has 3 nitrogen and oxygen atoms in total. The van der Waals surface area contributed by atoms with Crippen LogP contribution in [0.5, 0.6) is 0 Å². The number of amides is 1. The van der Waals surface area contributed by atoms with E-state index in [1.807, 2.05) is 24.8 Å². The molecule has 2 fully saturated rings. The van der Waals surface area contributed by atoms with E-state index in [4.69, 9.17) is 0 Å². The van der Waals surface area contributed by atoms with Crippen molar-refractivity contribution in [2.45, 2.75) is 45.4 Å². The fourth-order valence-electron chi connectivity index (χ4n) is 3.07. The Morgan fingerprint density at radius 2 is 2.00 bits per heavy atom. The van der Waals surface area contributed by atoms with E-state index in [1.165, 1.54) is 6.07 Å². The highest BCUT2D eigenvalue weighted by atomic mass is 19.1. The Morgan fingerprint density at radius 1 is 1.35 bits per heavy atom. The largest absolute Gasteiger partial charge is 0.318 e. The van der Waals surface area contributed by atoms with Crippen molar-refractivity contribution in [1.29, 1.82) is 0 Å². The van der Waals surface area contributed by atoms with E-state index in [1.54, 1.807) is 12.1 Å². The molecule has 1 aliphatic carbocycles. The van der Waals surface area contributed by atoms with Crippen LogP contribution in [0.4, 0.5) is 4.39 Å². The fourth-order valence-corrected chi connectivity index (χ4v) is 3.07. The highest BCUT2D eigenvalue weighted by Gasteiger charge is 2.51. The van der Waals surface area contributed by atoms with Gasteiger partial charge in [0, 0.05) is 11.6 Å². The normalized spacial score (nSPS) is 33.0. The Balaban J connectivity index is 1.95. The van der Waals surface area contributed by atoms with Crippen LogP contribution in [0.1, 0.15) is 38.9 Å². The van der Waals surface area contributed by atoms with Gasteiger partial charge in [-0.25, -0.2) is 4.39 Å². The Bertz CT molecular complexity index is 531. The van der Waals surface area contributed by atoms with Crippen molar-refractivity contribution in [3.8, 4) is 0 Å². The molecule has 4 unspecified atom stereocenters. The number of carbonyl (C=O) groups excluding carboxylic acids is 1. The molecule has 20 heavy (non-hydrogen) atoms. The molecule has 1 saturated carbocycles. The number of carbonyl (C=O) groups is 1. The summed E-state index contributed by atoms with van der Waals surface area (Å²) < 4.78 is 14.1. The van der Waals surface area contributed by atoms with E-state index >= 15 is 0 Å². The first-order chi connectivity index (χ1) is 9.50. The minimum absolute atomic E-state index is 0.114. The molecule has 108 valence electrons. The van der Waals surface area contributed by atoms with Gasteiger partial charge >= 0.3 is 0 Å². The Hall–Kier alpha value is -1.42. The molecular weight excluding hydrogens is 255 g/mol. The van der Waals surface area contributed by atoms with Gasteiger partial charge in [-0.1, -0.05) is 39.0 Å². The van der Waals surface area contributed by atoms with Crippen LogP contribution < -0.4 is 5.32 Å². The first-order valence-electron chi connectivity index (χ1n) is 7.33. The molecule has 3 rings (SSSR count). The van der Waals surface area contributed by atoms with Crippen molar-refractivity contribution >= 4 is 5.91 Å². The van der Waals surface area contributed by atoms with Crippen LogP contribution in [0.2, 0.25) is 0 Å². The monoisotopic (exact) mass is 276 g/mol. The SMILES string of the molecule is CC(C)C1NC(c2ccccc2F)N(C2CC2C)C1=O. The highest BCUT2D eigenvalue weighted by molar-refractivity contribution is 5.85. The van der Waals surface area contributed by atoms with E-state index in [9.17, 15) is 9.18 Å². The van der Waals surface area contributed by atoms with Crippen molar-refractivity contribution in [3.63, 3.8) is 0 Å². The van der Waals surface area contributed by atoms with E-state index in [0.717, 1.165) is 6.42 Å². The number of nitrogens with one attached hydrogen (secondary N) is 1. The zero-order valence-electron chi connectivity index (χ0n) is 12.1. The van der Waals surface area contributed by atoms with Gasteiger partial charge in [-0.05, 0) is 24.3 Å². The van der Waals surface area contributed by atoms with Gasteiger partial charge in [0.05, 0.1) is 6.04 Å². The maximum Gasteiger partial charge on any atom is 0.241 e. The number of rotatable bonds is 3. The average molecular weight is 276 g/mol. The molecule has 0 bridgehead atoms. The summed E-state index contributed by atoms with van der Waals surface area (Å²) >= 11 is 0. The molecule has 1 amide bonds. The molecule has 4 atom stereocenters. The van der Waals surface area contributed by atoms with Crippen LogP contribution in [0.15, 0.2) is 24.3 Å². The van der Waals surface area contributed by atoms with E-state index in [2.05, 4.69) is 12.2 Å². The van der Waals surface area contributed by atoms with Crippen molar-refractivity contribution in [1.82, 2.24) is 10.2 Å². The quantitative estimate of drug-likeness (QED) is 0.920. The van der Waals surface area contributed by atoms with Gasteiger partial charge in [0.15, 0.2) is 0 Å². The summed E-state index contributed by atoms with van der Waals surface area (Å²) in [6.45, 7) is 6.18. The van der Waals surface area contributed by atoms with E-state index in [-0.39, 0.29) is 35.9 Å².